The van der Waals surface area contributed by atoms with Crippen LogP contribution in [0.4, 0.5) is 0 Å². The van der Waals surface area contributed by atoms with Gasteiger partial charge < -0.3 is 24.1 Å². The number of esters is 3. The van der Waals surface area contributed by atoms with E-state index in [1.165, 1.54) is 20.8 Å². The van der Waals surface area contributed by atoms with Gasteiger partial charge in [-0.2, -0.15) is 0 Å². The van der Waals surface area contributed by atoms with Crippen LogP contribution < -0.4 is 0 Å². The maximum atomic E-state index is 11.2. The van der Waals surface area contributed by atoms with Crippen LogP contribution in [0.15, 0.2) is 0 Å². The standard InChI is InChI=1S/C13H20O8/c1-6-10(5-18-7(2)14)21-13(17)12(20-9(4)16)11(6)19-8(3)15/h6,10-13,17H,5H2,1-4H3. The van der Waals surface area contributed by atoms with Gasteiger partial charge in [0.2, 0.25) is 0 Å². The molecule has 1 fully saturated rings. The van der Waals surface area contributed by atoms with E-state index in [1.54, 1.807) is 6.92 Å². The van der Waals surface area contributed by atoms with Crippen LogP contribution in [0, 0.1) is 5.92 Å². The van der Waals surface area contributed by atoms with Crippen molar-refractivity contribution in [1.82, 2.24) is 0 Å². The van der Waals surface area contributed by atoms with Crippen molar-refractivity contribution in [3.63, 3.8) is 0 Å². The minimum absolute atomic E-state index is 0.0991. The lowest BCUT2D eigenvalue weighted by molar-refractivity contribution is -0.280. The van der Waals surface area contributed by atoms with Crippen LogP contribution >= 0.6 is 0 Å². The molecule has 0 aromatic carbocycles. The molecule has 0 aromatic rings. The third-order valence-electron chi connectivity index (χ3n) is 3.08. The normalized spacial score (nSPS) is 32.1. The number of ether oxygens (including phenoxy) is 4. The second kappa shape index (κ2) is 7.37. The minimum atomic E-state index is -1.48. The van der Waals surface area contributed by atoms with Crippen molar-refractivity contribution in [3.05, 3.63) is 0 Å². The Labute approximate surface area is 122 Å². The van der Waals surface area contributed by atoms with E-state index >= 15 is 0 Å². The summed E-state index contributed by atoms with van der Waals surface area (Å²) in [5, 5.41) is 9.92. The summed E-state index contributed by atoms with van der Waals surface area (Å²) in [6.07, 6.45) is -4.18. The van der Waals surface area contributed by atoms with Crippen LogP contribution in [-0.4, -0.2) is 54.2 Å². The lowest BCUT2D eigenvalue weighted by Gasteiger charge is -2.42. The fraction of sp³-hybridized carbons (Fsp3) is 0.769. The van der Waals surface area contributed by atoms with Gasteiger partial charge in [-0.3, -0.25) is 14.4 Å². The van der Waals surface area contributed by atoms with Crippen molar-refractivity contribution in [3.8, 4) is 0 Å². The van der Waals surface area contributed by atoms with Crippen molar-refractivity contribution >= 4 is 17.9 Å². The first-order valence-electron chi connectivity index (χ1n) is 6.53. The highest BCUT2D eigenvalue weighted by Crippen LogP contribution is 2.29. The maximum Gasteiger partial charge on any atom is 0.303 e. The molecule has 5 unspecified atom stereocenters. The van der Waals surface area contributed by atoms with Gasteiger partial charge in [-0.15, -0.1) is 0 Å². The molecular weight excluding hydrogens is 284 g/mol. The van der Waals surface area contributed by atoms with Crippen molar-refractivity contribution in [2.45, 2.75) is 52.3 Å². The number of aliphatic hydroxyl groups is 1. The van der Waals surface area contributed by atoms with E-state index in [9.17, 15) is 19.5 Å². The summed E-state index contributed by atoms with van der Waals surface area (Å²) in [5.74, 6) is -2.15. The van der Waals surface area contributed by atoms with E-state index in [4.69, 9.17) is 18.9 Å². The summed E-state index contributed by atoms with van der Waals surface area (Å²) in [4.78, 5) is 33.1. The summed E-state index contributed by atoms with van der Waals surface area (Å²) in [6.45, 7) is 5.21. The molecule has 1 rings (SSSR count). The quantitative estimate of drug-likeness (QED) is 0.560. The highest BCUT2D eigenvalue weighted by atomic mass is 16.7. The Morgan fingerprint density at radius 2 is 1.52 bits per heavy atom. The van der Waals surface area contributed by atoms with Crippen LogP contribution in [0.5, 0.6) is 0 Å². The molecular formula is C13H20O8. The summed E-state index contributed by atoms with van der Waals surface area (Å²) >= 11 is 0. The van der Waals surface area contributed by atoms with Gasteiger partial charge in [-0.05, 0) is 0 Å². The first-order chi connectivity index (χ1) is 9.72. The zero-order valence-corrected chi connectivity index (χ0v) is 12.4. The number of rotatable bonds is 4. The van der Waals surface area contributed by atoms with E-state index in [2.05, 4.69) is 0 Å². The summed E-state index contributed by atoms with van der Waals surface area (Å²) in [7, 11) is 0. The average Bonchev–Trinajstić information content (AvgIpc) is 2.35. The molecule has 0 amide bonds. The number of aliphatic hydroxyl groups excluding tert-OH is 1. The van der Waals surface area contributed by atoms with Crippen LogP contribution in [0.25, 0.3) is 0 Å². The van der Waals surface area contributed by atoms with E-state index in [0.717, 1.165) is 0 Å². The third kappa shape index (κ3) is 4.98. The van der Waals surface area contributed by atoms with Crippen LogP contribution in [-0.2, 0) is 33.3 Å². The Kier molecular flexibility index (Phi) is 6.10. The second-order valence-electron chi connectivity index (χ2n) is 4.87. The molecule has 0 spiro atoms. The second-order valence-corrected chi connectivity index (χ2v) is 4.87. The molecule has 1 aliphatic heterocycles. The van der Waals surface area contributed by atoms with Gasteiger partial charge in [-0.25, -0.2) is 0 Å². The Morgan fingerprint density at radius 3 is 2.00 bits per heavy atom. The fourth-order valence-electron chi connectivity index (χ4n) is 2.13. The van der Waals surface area contributed by atoms with E-state index in [-0.39, 0.29) is 6.61 Å². The van der Waals surface area contributed by atoms with Crippen molar-refractivity contribution in [1.29, 1.82) is 0 Å². The molecule has 0 aliphatic carbocycles. The number of carbonyl (C=O) groups is 3. The van der Waals surface area contributed by atoms with Gasteiger partial charge >= 0.3 is 17.9 Å². The fourth-order valence-corrected chi connectivity index (χ4v) is 2.13. The first kappa shape index (κ1) is 17.4. The topological polar surface area (TPSA) is 108 Å². The smallest absolute Gasteiger partial charge is 0.303 e. The van der Waals surface area contributed by atoms with Crippen molar-refractivity contribution < 1.29 is 38.4 Å². The summed E-state index contributed by atoms with van der Waals surface area (Å²) in [6, 6.07) is 0. The Balaban J connectivity index is 2.87. The van der Waals surface area contributed by atoms with Crippen LogP contribution in [0.2, 0.25) is 0 Å². The lowest BCUT2D eigenvalue weighted by Crippen LogP contribution is -2.57. The van der Waals surface area contributed by atoms with Crippen LogP contribution in [0.3, 0.4) is 0 Å². The molecule has 0 saturated carbocycles. The van der Waals surface area contributed by atoms with Gasteiger partial charge in [-0.1, -0.05) is 6.92 Å². The SMILES string of the molecule is CC(=O)OCC1OC(O)C(OC(C)=O)C(OC(C)=O)C1C. The largest absolute Gasteiger partial charge is 0.463 e. The molecule has 1 aliphatic rings. The average molecular weight is 304 g/mol. The highest BCUT2D eigenvalue weighted by Gasteiger charge is 2.47. The molecule has 120 valence electrons. The molecule has 1 saturated heterocycles. The Hall–Kier alpha value is -1.67. The molecule has 21 heavy (non-hydrogen) atoms. The molecule has 0 bridgehead atoms. The summed E-state index contributed by atoms with van der Waals surface area (Å²) in [5.41, 5.74) is 0. The van der Waals surface area contributed by atoms with Crippen molar-refractivity contribution in [2.24, 2.45) is 5.92 Å². The molecule has 8 nitrogen and oxygen atoms in total. The van der Waals surface area contributed by atoms with E-state index in [0.29, 0.717) is 0 Å². The predicted molar refractivity (Wildman–Crippen MR) is 67.8 cm³/mol. The number of hydrogen-bond donors (Lipinski definition) is 1. The number of hydrogen-bond acceptors (Lipinski definition) is 8. The summed E-state index contributed by atoms with van der Waals surface area (Å²) < 4.78 is 20.2. The van der Waals surface area contributed by atoms with E-state index < -0.39 is 48.4 Å². The lowest BCUT2D eigenvalue weighted by atomic mass is 9.90. The zero-order chi connectivity index (χ0) is 16.2. The molecule has 1 N–H and O–H groups in total. The monoisotopic (exact) mass is 304 g/mol. The molecule has 8 heteroatoms. The third-order valence-corrected chi connectivity index (χ3v) is 3.08. The van der Waals surface area contributed by atoms with Gasteiger partial charge in [0.1, 0.15) is 18.8 Å². The molecule has 0 aromatic heterocycles. The number of carbonyl (C=O) groups excluding carboxylic acids is 3. The highest BCUT2D eigenvalue weighted by molar-refractivity contribution is 5.67. The predicted octanol–water partition coefficient (Wildman–Crippen LogP) is -0.234. The van der Waals surface area contributed by atoms with Gasteiger partial charge in [0.25, 0.3) is 0 Å². The molecule has 5 atom stereocenters. The van der Waals surface area contributed by atoms with Crippen molar-refractivity contribution in [2.75, 3.05) is 6.61 Å². The molecule has 0 radical (unpaired) electrons. The van der Waals surface area contributed by atoms with Gasteiger partial charge in [0.15, 0.2) is 12.4 Å². The zero-order valence-electron chi connectivity index (χ0n) is 12.4. The van der Waals surface area contributed by atoms with Crippen LogP contribution in [0.1, 0.15) is 27.7 Å². The van der Waals surface area contributed by atoms with Gasteiger partial charge in [0, 0.05) is 26.7 Å². The Bertz CT molecular complexity index is 407. The minimum Gasteiger partial charge on any atom is -0.463 e. The maximum absolute atomic E-state index is 11.2. The van der Waals surface area contributed by atoms with Gasteiger partial charge in [0.05, 0.1) is 0 Å². The van der Waals surface area contributed by atoms with E-state index in [1.807, 2.05) is 0 Å². The molecule has 1 heterocycles. The first-order valence-corrected chi connectivity index (χ1v) is 6.53. The Morgan fingerprint density at radius 1 is 1.00 bits per heavy atom.